The number of benzene rings is 2. The van der Waals surface area contributed by atoms with Crippen LogP contribution in [0.3, 0.4) is 0 Å². The maximum Gasteiger partial charge on any atom is 0.354 e. The number of carboxylic acid groups (broad SMARTS) is 1. The van der Waals surface area contributed by atoms with Crippen LogP contribution in [0, 0.1) is 10.8 Å². The van der Waals surface area contributed by atoms with Crippen molar-refractivity contribution in [3.63, 3.8) is 0 Å². The molecule has 15 nitrogen and oxygen atoms in total. The normalized spacial score (nSPS) is 17.3. The van der Waals surface area contributed by atoms with E-state index in [0.717, 1.165) is 90.3 Å². The summed E-state index contributed by atoms with van der Waals surface area (Å²) in [5.74, 6) is -1.10. The Hall–Kier alpha value is -6.25. The predicted octanol–water partition coefficient (Wildman–Crippen LogP) is 7.06. The second kappa shape index (κ2) is 19.5. The minimum absolute atomic E-state index is 0. The van der Waals surface area contributed by atoms with Gasteiger partial charge < -0.3 is 34.8 Å². The van der Waals surface area contributed by atoms with E-state index < -0.39 is 5.97 Å². The molecule has 346 valence electrons. The molecule has 4 fully saturated rings. The van der Waals surface area contributed by atoms with Crippen LogP contribution < -0.4 is 11.1 Å². The third kappa shape index (κ3) is 9.92. The van der Waals surface area contributed by atoms with E-state index in [2.05, 4.69) is 54.3 Å². The predicted molar refractivity (Wildman–Crippen MR) is 252 cm³/mol. The van der Waals surface area contributed by atoms with E-state index in [9.17, 15) is 14.7 Å². The van der Waals surface area contributed by atoms with Crippen molar-refractivity contribution in [3.05, 3.63) is 156 Å². The van der Waals surface area contributed by atoms with Crippen molar-refractivity contribution in [2.75, 3.05) is 26.4 Å². The minimum Gasteiger partial charge on any atom is -0.477 e. The van der Waals surface area contributed by atoms with Gasteiger partial charge in [-0.05, 0) is 121 Å². The van der Waals surface area contributed by atoms with Gasteiger partial charge in [0.25, 0.3) is 5.91 Å². The van der Waals surface area contributed by atoms with E-state index in [1.54, 1.807) is 23.1 Å². The SMILES string of the molecule is C.Cn1ccc2nc(C(=O)NC3CC4(COC4)C3)cc(Cc3ccc(-n4cccn4)cc3)c21.Cn1ccc2nc(C(=O)O)cc(Cc3ccc(-n4cccn4)cc3)c21.NC1CC2(COC2)C1.[W]. The van der Waals surface area contributed by atoms with Gasteiger partial charge in [0.05, 0.1) is 59.9 Å². The quantitative estimate of drug-likeness (QED) is 0.135. The number of hydrogen-bond donors (Lipinski definition) is 3. The zero-order chi connectivity index (χ0) is 44.7. The molecule has 16 heteroatoms. The molecule has 2 saturated heterocycles. The molecule has 2 aliphatic carbocycles. The van der Waals surface area contributed by atoms with Gasteiger partial charge in [0, 0.05) is 95.3 Å². The van der Waals surface area contributed by atoms with Crippen molar-refractivity contribution in [1.82, 2.24) is 44.0 Å². The van der Waals surface area contributed by atoms with Gasteiger partial charge in [-0.2, -0.15) is 10.2 Å². The van der Waals surface area contributed by atoms with Gasteiger partial charge in [-0.3, -0.25) is 4.79 Å². The molecule has 1 amide bonds. The van der Waals surface area contributed by atoms with E-state index in [0.29, 0.717) is 34.5 Å². The van der Waals surface area contributed by atoms with Crippen molar-refractivity contribution in [2.45, 2.75) is 58.0 Å². The molecule has 67 heavy (non-hydrogen) atoms. The van der Waals surface area contributed by atoms with Crippen LogP contribution in [-0.4, -0.2) is 94.2 Å². The Bertz CT molecular complexity index is 2960. The fourth-order valence-corrected chi connectivity index (χ4v) is 9.75. The molecule has 2 aromatic carbocycles. The number of nitrogens with one attached hydrogen (secondary N) is 1. The van der Waals surface area contributed by atoms with Crippen LogP contribution in [0.5, 0.6) is 0 Å². The largest absolute Gasteiger partial charge is 0.477 e. The number of pyridine rings is 2. The van der Waals surface area contributed by atoms with Crippen LogP contribution in [0.15, 0.2) is 122 Å². The summed E-state index contributed by atoms with van der Waals surface area (Å²) >= 11 is 0. The van der Waals surface area contributed by atoms with Crippen LogP contribution in [0.1, 0.15) is 76.3 Å². The standard InChI is InChI=1S/C25H25N5O2.C19H16N4O2.C6H11NO.CH4.W/c1-29-10-7-21-23(29)18(11-17-3-5-20(6-4-17)30-9-2-8-26-30)12-22(28-21)24(31)27-19-13-25(14-19)15-32-16-25;1-22-10-7-16-18(22)14(12-17(21-16)19(24)25)11-13-3-5-15(6-4-13)23-9-2-8-20-23;7-5-1-6(2-5)3-8-4-6;;/h2-10,12,19H,11,13-16H2,1H3,(H,27,31);2-10,12H,11H2,1H3,(H,24,25);5H,1-4,7H2;1H4;. The third-order valence-electron chi connectivity index (χ3n) is 13.2. The van der Waals surface area contributed by atoms with Crippen LogP contribution in [0.4, 0.5) is 0 Å². The fourth-order valence-electron chi connectivity index (χ4n) is 9.75. The topological polar surface area (TPSA) is 182 Å². The average Bonchev–Trinajstić information content (AvgIpc) is 4.10. The summed E-state index contributed by atoms with van der Waals surface area (Å²) in [5, 5.41) is 21.0. The number of aromatic carboxylic acids is 1. The smallest absolute Gasteiger partial charge is 0.354 e. The number of ether oxygens (including phenoxy) is 2. The van der Waals surface area contributed by atoms with E-state index in [1.807, 2.05) is 103 Å². The van der Waals surface area contributed by atoms with Crippen molar-refractivity contribution >= 4 is 33.9 Å². The molecule has 0 radical (unpaired) electrons. The molecule has 2 spiro atoms. The van der Waals surface area contributed by atoms with Crippen molar-refractivity contribution in [3.8, 4) is 11.4 Å². The molecule has 8 aromatic rings. The van der Waals surface area contributed by atoms with E-state index in [4.69, 9.17) is 15.2 Å². The molecule has 0 atom stereocenters. The van der Waals surface area contributed by atoms with Gasteiger partial charge in [-0.25, -0.2) is 24.1 Å². The fraction of sp³-hybridized carbons (Fsp3) is 0.333. The molecule has 4 aliphatic rings. The molecule has 2 saturated carbocycles. The number of fused-ring (bicyclic) bond motifs is 2. The number of carbonyl (C=O) groups excluding carboxylic acids is 1. The summed E-state index contributed by atoms with van der Waals surface area (Å²) in [6, 6.07) is 28.3. The zero-order valence-corrected chi connectivity index (χ0v) is 39.8. The summed E-state index contributed by atoms with van der Waals surface area (Å²) in [7, 11) is 3.96. The van der Waals surface area contributed by atoms with Gasteiger partial charge in [-0.15, -0.1) is 0 Å². The Labute approximate surface area is 403 Å². The number of carbonyl (C=O) groups is 2. The van der Waals surface area contributed by atoms with Gasteiger partial charge in [0.2, 0.25) is 0 Å². The Balaban J connectivity index is 0.000000154. The summed E-state index contributed by atoms with van der Waals surface area (Å²) in [4.78, 5) is 33.2. The number of nitrogens with zero attached hydrogens (tertiary/aromatic N) is 8. The van der Waals surface area contributed by atoms with Crippen molar-refractivity contribution in [2.24, 2.45) is 30.7 Å². The molecule has 12 rings (SSSR count). The maximum absolute atomic E-state index is 13.0. The van der Waals surface area contributed by atoms with Crippen LogP contribution in [-0.2, 0) is 57.5 Å². The molecule has 0 bridgehead atoms. The zero-order valence-electron chi connectivity index (χ0n) is 36.9. The minimum atomic E-state index is -1.01. The molecular weight excluding hydrogens is 1020 g/mol. The molecule has 6 aromatic heterocycles. The number of rotatable bonds is 9. The van der Waals surface area contributed by atoms with Crippen LogP contribution in [0.25, 0.3) is 33.4 Å². The molecule has 2 aliphatic heterocycles. The second-order valence-corrected chi connectivity index (χ2v) is 18.3. The molecule has 8 heterocycles. The Morgan fingerprint density at radius 2 is 1.13 bits per heavy atom. The summed E-state index contributed by atoms with van der Waals surface area (Å²) in [6.45, 7) is 3.61. The number of aromatic nitrogens is 8. The Morgan fingerprint density at radius 1 is 0.687 bits per heavy atom. The average molecular weight is 1070 g/mol. The van der Waals surface area contributed by atoms with E-state index in [-0.39, 0.29) is 46.1 Å². The third-order valence-corrected chi connectivity index (χ3v) is 13.2. The first kappa shape index (κ1) is 47.2. The number of hydrogen-bond acceptors (Lipinski definition) is 9. The first-order chi connectivity index (χ1) is 31.5. The molecule has 0 unspecified atom stereocenters. The number of aryl methyl sites for hydroxylation is 2. The van der Waals surface area contributed by atoms with Crippen molar-refractivity contribution in [1.29, 1.82) is 0 Å². The maximum atomic E-state index is 13.0. The second-order valence-electron chi connectivity index (χ2n) is 18.3. The first-order valence-corrected chi connectivity index (χ1v) is 22.0. The van der Waals surface area contributed by atoms with E-state index >= 15 is 0 Å². The molecule has 4 N–H and O–H groups in total. The first-order valence-electron chi connectivity index (χ1n) is 22.0. The van der Waals surface area contributed by atoms with E-state index in [1.165, 1.54) is 18.4 Å². The van der Waals surface area contributed by atoms with Gasteiger partial charge in [0.15, 0.2) is 0 Å². The Kier molecular flexibility index (Phi) is 13.8. The number of carboxylic acids is 1. The van der Waals surface area contributed by atoms with Gasteiger partial charge in [0.1, 0.15) is 11.4 Å². The monoisotopic (exact) mass is 1070 g/mol. The van der Waals surface area contributed by atoms with Crippen molar-refractivity contribution < 1.29 is 45.2 Å². The summed E-state index contributed by atoms with van der Waals surface area (Å²) < 4.78 is 18.1. The number of amides is 1. The summed E-state index contributed by atoms with van der Waals surface area (Å²) in [6.07, 6.45) is 17.0. The summed E-state index contributed by atoms with van der Waals surface area (Å²) in [5.41, 5.74) is 16.9. The number of nitrogens with two attached hydrogens (primary N) is 1. The van der Waals surface area contributed by atoms with Gasteiger partial charge in [-0.1, -0.05) is 31.7 Å². The molecular formula is C51H56N10O5W. The van der Waals surface area contributed by atoms with Gasteiger partial charge >= 0.3 is 5.97 Å². The Morgan fingerprint density at radius 3 is 1.52 bits per heavy atom. The van der Waals surface area contributed by atoms with Crippen LogP contribution >= 0.6 is 0 Å². The van der Waals surface area contributed by atoms with Crippen LogP contribution in [0.2, 0.25) is 0 Å².